The second-order valence-electron chi connectivity index (χ2n) is 6.39. The fraction of sp³-hybridized carbons (Fsp3) is 0.667. The van der Waals surface area contributed by atoms with Gasteiger partial charge < -0.3 is 15.8 Å². The van der Waals surface area contributed by atoms with Crippen LogP contribution in [0.25, 0.3) is 0 Å². The molecule has 1 atom stereocenters. The molecule has 1 aliphatic carbocycles. The predicted molar refractivity (Wildman–Crippen MR) is 89.8 cm³/mol. The Bertz CT molecular complexity index is 425. The van der Waals surface area contributed by atoms with Gasteiger partial charge in [0.25, 0.3) is 0 Å². The van der Waals surface area contributed by atoms with Crippen LogP contribution in [-0.2, 0) is 6.42 Å². The minimum Gasteiger partial charge on any atom is -0.495 e. The van der Waals surface area contributed by atoms with Crippen molar-refractivity contribution in [2.45, 2.75) is 70.4 Å². The summed E-state index contributed by atoms with van der Waals surface area (Å²) >= 11 is 0. The average molecular weight is 290 g/mol. The number of anilines is 1. The van der Waals surface area contributed by atoms with Crippen LogP contribution in [-0.4, -0.2) is 19.2 Å². The second kappa shape index (κ2) is 8.28. The van der Waals surface area contributed by atoms with Crippen LogP contribution in [0.1, 0.15) is 57.4 Å². The van der Waals surface area contributed by atoms with E-state index < -0.39 is 0 Å². The third-order valence-electron chi connectivity index (χ3n) is 4.46. The van der Waals surface area contributed by atoms with Crippen LogP contribution in [0, 0.1) is 0 Å². The molecular formula is C18H30N2O. The van der Waals surface area contributed by atoms with Crippen molar-refractivity contribution < 1.29 is 4.74 Å². The molecule has 0 aromatic heterocycles. The molecule has 0 radical (unpaired) electrons. The van der Waals surface area contributed by atoms with Crippen molar-refractivity contribution in [3.05, 3.63) is 23.8 Å². The lowest BCUT2D eigenvalue weighted by molar-refractivity contribution is 0.358. The Kier molecular flexibility index (Phi) is 6.37. The molecule has 3 N–H and O–H groups in total. The van der Waals surface area contributed by atoms with Crippen LogP contribution in [0.2, 0.25) is 0 Å². The summed E-state index contributed by atoms with van der Waals surface area (Å²) in [5, 5.41) is 3.81. The number of nitrogens with one attached hydrogen (secondary N) is 1. The third kappa shape index (κ3) is 5.24. The summed E-state index contributed by atoms with van der Waals surface area (Å²) < 4.78 is 5.21. The van der Waals surface area contributed by atoms with E-state index in [-0.39, 0.29) is 0 Å². The highest BCUT2D eigenvalue weighted by Gasteiger charge is 2.14. The Hall–Kier alpha value is -1.22. The zero-order chi connectivity index (χ0) is 15.1. The van der Waals surface area contributed by atoms with E-state index in [1.54, 1.807) is 7.11 Å². The van der Waals surface area contributed by atoms with E-state index in [4.69, 9.17) is 10.5 Å². The lowest BCUT2D eigenvalue weighted by atomic mass is 9.95. The molecule has 1 aliphatic rings. The van der Waals surface area contributed by atoms with Crippen molar-refractivity contribution in [1.29, 1.82) is 0 Å². The van der Waals surface area contributed by atoms with E-state index in [2.05, 4.69) is 18.3 Å². The molecular weight excluding hydrogens is 260 g/mol. The summed E-state index contributed by atoms with van der Waals surface area (Å²) in [6.07, 6.45) is 10.7. The summed E-state index contributed by atoms with van der Waals surface area (Å²) in [6.45, 7) is 2.28. The lowest BCUT2D eigenvalue weighted by Crippen LogP contribution is -2.38. The molecule has 2 rings (SSSR count). The minimum atomic E-state index is 0.488. The predicted octanol–water partition coefficient (Wildman–Crippen LogP) is 3.91. The second-order valence-corrected chi connectivity index (χ2v) is 6.39. The maximum Gasteiger partial charge on any atom is 0.141 e. The van der Waals surface area contributed by atoms with E-state index in [0.717, 1.165) is 17.9 Å². The first-order valence-corrected chi connectivity index (χ1v) is 8.37. The van der Waals surface area contributed by atoms with Crippen LogP contribution >= 0.6 is 0 Å². The average Bonchev–Trinajstić information content (AvgIpc) is 2.42. The number of rotatable bonds is 5. The van der Waals surface area contributed by atoms with Crippen LogP contribution in [0.4, 0.5) is 5.69 Å². The van der Waals surface area contributed by atoms with Gasteiger partial charge in [0.15, 0.2) is 0 Å². The van der Waals surface area contributed by atoms with Gasteiger partial charge in [-0.2, -0.15) is 0 Å². The molecule has 0 amide bonds. The molecule has 1 aromatic rings. The standard InChI is InChI=1S/C18H30N2O/c1-14(20-16-8-6-4-3-5-7-9-16)12-15-10-11-18(21-2)17(19)13-15/h10-11,13-14,16,20H,3-9,12,19H2,1-2H3. The summed E-state index contributed by atoms with van der Waals surface area (Å²) in [7, 11) is 1.66. The maximum atomic E-state index is 5.98. The number of hydrogen-bond acceptors (Lipinski definition) is 3. The van der Waals surface area contributed by atoms with Crippen molar-refractivity contribution in [3.8, 4) is 5.75 Å². The molecule has 0 heterocycles. The van der Waals surface area contributed by atoms with Crippen molar-refractivity contribution in [1.82, 2.24) is 5.32 Å². The number of nitrogens with two attached hydrogens (primary N) is 1. The summed E-state index contributed by atoms with van der Waals surface area (Å²) in [4.78, 5) is 0. The highest BCUT2D eigenvalue weighted by Crippen LogP contribution is 2.23. The fourth-order valence-electron chi connectivity index (χ4n) is 3.35. The van der Waals surface area contributed by atoms with E-state index in [9.17, 15) is 0 Å². The first-order valence-electron chi connectivity index (χ1n) is 8.37. The molecule has 1 aromatic carbocycles. The van der Waals surface area contributed by atoms with E-state index in [0.29, 0.717) is 12.1 Å². The van der Waals surface area contributed by atoms with Gasteiger partial charge in [0, 0.05) is 12.1 Å². The topological polar surface area (TPSA) is 47.3 Å². The number of methoxy groups -OCH3 is 1. The lowest BCUT2D eigenvalue weighted by Gasteiger charge is -2.25. The molecule has 0 saturated heterocycles. The van der Waals surface area contributed by atoms with Crippen molar-refractivity contribution in [2.75, 3.05) is 12.8 Å². The molecule has 1 fully saturated rings. The molecule has 118 valence electrons. The molecule has 0 spiro atoms. The van der Waals surface area contributed by atoms with E-state index in [1.165, 1.54) is 50.5 Å². The SMILES string of the molecule is COc1ccc(CC(C)NC2CCCCCCC2)cc1N. The summed E-state index contributed by atoms with van der Waals surface area (Å²) in [5.74, 6) is 0.763. The fourth-order valence-corrected chi connectivity index (χ4v) is 3.35. The molecule has 0 aliphatic heterocycles. The molecule has 21 heavy (non-hydrogen) atoms. The van der Waals surface area contributed by atoms with Crippen molar-refractivity contribution >= 4 is 5.69 Å². The van der Waals surface area contributed by atoms with Crippen LogP contribution in [0.15, 0.2) is 18.2 Å². The Labute approximate surface area is 129 Å². The first-order chi connectivity index (χ1) is 10.2. The Morgan fingerprint density at radius 3 is 2.48 bits per heavy atom. The molecule has 3 nitrogen and oxygen atoms in total. The van der Waals surface area contributed by atoms with Gasteiger partial charge in [-0.05, 0) is 43.9 Å². The Morgan fingerprint density at radius 2 is 1.86 bits per heavy atom. The van der Waals surface area contributed by atoms with Crippen LogP contribution in [0.5, 0.6) is 5.75 Å². The van der Waals surface area contributed by atoms with Crippen molar-refractivity contribution in [2.24, 2.45) is 0 Å². The quantitative estimate of drug-likeness (QED) is 0.808. The Morgan fingerprint density at radius 1 is 1.19 bits per heavy atom. The maximum absolute atomic E-state index is 5.98. The highest BCUT2D eigenvalue weighted by molar-refractivity contribution is 5.54. The van der Waals surface area contributed by atoms with Gasteiger partial charge in [-0.1, -0.05) is 38.2 Å². The molecule has 1 saturated carbocycles. The smallest absolute Gasteiger partial charge is 0.141 e. The summed E-state index contributed by atoms with van der Waals surface area (Å²) in [6, 6.07) is 7.30. The van der Waals surface area contributed by atoms with Gasteiger partial charge in [-0.25, -0.2) is 0 Å². The number of ether oxygens (including phenoxy) is 1. The normalized spacial score (nSPS) is 18.8. The monoisotopic (exact) mass is 290 g/mol. The third-order valence-corrected chi connectivity index (χ3v) is 4.46. The number of benzene rings is 1. The first kappa shape index (κ1) is 16.2. The van der Waals surface area contributed by atoms with Gasteiger partial charge in [0.1, 0.15) is 5.75 Å². The zero-order valence-electron chi connectivity index (χ0n) is 13.5. The summed E-state index contributed by atoms with van der Waals surface area (Å²) in [5.41, 5.74) is 7.99. The molecule has 1 unspecified atom stereocenters. The van der Waals surface area contributed by atoms with E-state index in [1.807, 2.05) is 12.1 Å². The van der Waals surface area contributed by atoms with Gasteiger partial charge in [-0.15, -0.1) is 0 Å². The van der Waals surface area contributed by atoms with Gasteiger partial charge in [-0.3, -0.25) is 0 Å². The molecule has 0 bridgehead atoms. The minimum absolute atomic E-state index is 0.488. The largest absolute Gasteiger partial charge is 0.495 e. The van der Waals surface area contributed by atoms with Crippen LogP contribution < -0.4 is 15.8 Å². The number of nitrogen functional groups attached to an aromatic ring is 1. The molecule has 3 heteroatoms. The zero-order valence-corrected chi connectivity index (χ0v) is 13.5. The van der Waals surface area contributed by atoms with E-state index >= 15 is 0 Å². The Balaban J connectivity index is 1.85. The van der Waals surface area contributed by atoms with Gasteiger partial charge in [0.2, 0.25) is 0 Å². The van der Waals surface area contributed by atoms with Gasteiger partial charge in [0.05, 0.1) is 12.8 Å². The van der Waals surface area contributed by atoms with Crippen LogP contribution in [0.3, 0.4) is 0 Å². The van der Waals surface area contributed by atoms with Crippen molar-refractivity contribution in [3.63, 3.8) is 0 Å². The number of hydrogen-bond donors (Lipinski definition) is 2. The highest BCUT2D eigenvalue weighted by atomic mass is 16.5. The van der Waals surface area contributed by atoms with Gasteiger partial charge >= 0.3 is 0 Å².